The lowest BCUT2D eigenvalue weighted by Crippen LogP contribution is -2.28. The first-order valence-electron chi connectivity index (χ1n) is 8.97. The van der Waals surface area contributed by atoms with Gasteiger partial charge in [0.1, 0.15) is 13.2 Å². The zero-order valence-electron chi connectivity index (χ0n) is 15.4. The van der Waals surface area contributed by atoms with E-state index in [0.717, 1.165) is 16.6 Å². The van der Waals surface area contributed by atoms with Crippen LogP contribution in [0.15, 0.2) is 53.3 Å². The van der Waals surface area contributed by atoms with Gasteiger partial charge in [-0.3, -0.25) is 13.9 Å². The summed E-state index contributed by atoms with van der Waals surface area (Å²) in [7, 11) is 1.69. The number of imidazole rings is 1. The lowest BCUT2D eigenvalue weighted by molar-refractivity contribution is -0.116. The predicted molar refractivity (Wildman–Crippen MR) is 104 cm³/mol. The smallest absolute Gasteiger partial charge is 0.410 e. The fourth-order valence-corrected chi connectivity index (χ4v) is 3.34. The van der Waals surface area contributed by atoms with E-state index in [9.17, 15) is 14.4 Å². The van der Waals surface area contributed by atoms with Gasteiger partial charge in [0.15, 0.2) is 0 Å². The Balaban J connectivity index is 1.44. The number of fused-ring (bicyclic) bond motifs is 1. The van der Waals surface area contributed by atoms with E-state index in [-0.39, 0.29) is 24.2 Å². The number of para-hydroxylation sites is 2. The number of carbonyl (C=O) groups is 2. The molecule has 2 amide bonds. The number of carbonyl (C=O) groups excluding carboxylic acids is 2. The van der Waals surface area contributed by atoms with Gasteiger partial charge in [0, 0.05) is 19.3 Å². The number of cyclic esters (lactones) is 1. The second kappa shape index (κ2) is 7.22. The molecule has 0 unspecified atom stereocenters. The molecule has 0 spiro atoms. The van der Waals surface area contributed by atoms with Gasteiger partial charge in [0.2, 0.25) is 5.91 Å². The van der Waals surface area contributed by atoms with E-state index in [1.54, 1.807) is 24.1 Å². The average Bonchev–Trinajstić information content (AvgIpc) is 3.20. The van der Waals surface area contributed by atoms with Gasteiger partial charge in [0.05, 0.1) is 17.6 Å². The summed E-state index contributed by atoms with van der Waals surface area (Å²) < 4.78 is 7.90. The Bertz CT molecular complexity index is 1100. The van der Waals surface area contributed by atoms with Crippen LogP contribution < -0.4 is 11.0 Å². The molecular weight excluding hydrogens is 360 g/mol. The van der Waals surface area contributed by atoms with E-state index in [2.05, 4.69) is 5.32 Å². The molecule has 2 heterocycles. The van der Waals surface area contributed by atoms with Crippen molar-refractivity contribution in [2.75, 3.05) is 18.5 Å². The third-order valence-electron chi connectivity index (χ3n) is 4.81. The molecule has 0 radical (unpaired) electrons. The van der Waals surface area contributed by atoms with Crippen LogP contribution in [0.25, 0.3) is 11.0 Å². The first-order valence-corrected chi connectivity index (χ1v) is 8.97. The molecule has 1 aromatic heterocycles. The standard InChI is InChI=1S/C20H20N4O4/c1-22-16-4-2-3-5-17(16)24(19(22)26)13-18(25)21-15-8-6-14(7-9-15)12-23-10-11-28-20(23)27/h2-9H,10-13H2,1H3,(H,21,25). The largest absolute Gasteiger partial charge is 0.448 e. The third-order valence-corrected chi connectivity index (χ3v) is 4.81. The average molecular weight is 380 g/mol. The molecule has 1 N–H and O–H groups in total. The van der Waals surface area contributed by atoms with Crippen LogP contribution in [-0.2, 0) is 29.7 Å². The van der Waals surface area contributed by atoms with Crippen LogP contribution in [0.1, 0.15) is 5.56 Å². The van der Waals surface area contributed by atoms with Crippen molar-refractivity contribution in [1.82, 2.24) is 14.0 Å². The highest BCUT2D eigenvalue weighted by Gasteiger charge is 2.21. The fourth-order valence-electron chi connectivity index (χ4n) is 3.34. The third kappa shape index (κ3) is 3.36. The summed E-state index contributed by atoms with van der Waals surface area (Å²) in [6.45, 7) is 1.40. The van der Waals surface area contributed by atoms with Crippen LogP contribution in [0.2, 0.25) is 0 Å². The zero-order valence-corrected chi connectivity index (χ0v) is 15.4. The highest BCUT2D eigenvalue weighted by atomic mass is 16.6. The highest BCUT2D eigenvalue weighted by molar-refractivity contribution is 5.91. The molecule has 0 atom stereocenters. The second-order valence-electron chi connectivity index (χ2n) is 6.70. The van der Waals surface area contributed by atoms with Crippen molar-refractivity contribution < 1.29 is 14.3 Å². The molecule has 1 fully saturated rings. The van der Waals surface area contributed by atoms with E-state index >= 15 is 0 Å². The van der Waals surface area contributed by atoms with Crippen LogP contribution in [0.3, 0.4) is 0 Å². The molecule has 28 heavy (non-hydrogen) atoms. The maximum atomic E-state index is 12.4. The van der Waals surface area contributed by atoms with E-state index in [1.165, 1.54) is 9.13 Å². The molecule has 1 saturated heterocycles. The number of rotatable bonds is 5. The van der Waals surface area contributed by atoms with Crippen LogP contribution in [0.4, 0.5) is 10.5 Å². The Kier molecular flexibility index (Phi) is 4.60. The van der Waals surface area contributed by atoms with Gasteiger partial charge < -0.3 is 15.0 Å². The number of nitrogens with zero attached hydrogens (tertiary/aromatic N) is 3. The van der Waals surface area contributed by atoms with Gasteiger partial charge in [-0.25, -0.2) is 9.59 Å². The predicted octanol–water partition coefficient (Wildman–Crippen LogP) is 1.93. The first kappa shape index (κ1) is 17.8. The number of aromatic nitrogens is 2. The lowest BCUT2D eigenvalue weighted by Gasteiger charge is -2.13. The molecule has 1 aliphatic heterocycles. The van der Waals surface area contributed by atoms with E-state index in [0.29, 0.717) is 25.4 Å². The maximum Gasteiger partial charge on any atom is 0.410 e. The first-order chi connectivity index (χ1) is 13.5. The van der Waals surface area contributed by atoms with Crippen molar-refractivity contribution in [3.63, 3.8) is 0 Å². The number of benzene rings is 2. The highest BCUT2D eigenvalue weighted by Crippen LogP contribution is 2.15. The Labute approximate surface area is 160 Å². The van der Waals surface area contributed by atoms with E-state index in [1.807, 2.05) is 36.4 Å². The molecule has 144 valence electrons. The summed E-state index contributed by atoms with van der Waals surface area (Å²) in [4.78, 5) is 38.0. The van der Waals surface area contributed by atoms with Crippen LogP contribution >= 0.6 is 0 Å². The second-order valence-corrected chi connectivity index (χ2v) is 6.70. The minimum Gasteiger partial charge on any atom is -0.448 e. The van der Waals surface area contributed by atoms with Gasteiger partial charge in [-0.2, -0.15) is 0 Å². The lowest BCUT2D eigenvalue weighted by atomic mass is 10.2. The van der Waals surface area contributed by atoms with E-state index < -0.39 is 0 Å². The van der Waals surface area contributed by atoms with Crippen molar-refractivity contribution in [3.05, 3.63) is 64.6 Å². The van der Waals surface area contributed by atoms with Crippen LogP contribution in [0, 0.1) is 0 Å². The van der Waals surface area contributed by atoms with Gasteiger partial charge in [-0.05, 0) is 29.8 Å². The Morgan fingerprint density at radius 2 is 1.79 bits per heavy atom. The molecule has 0 bridgehead atoms. The SMILES string of the molecule is Cn1c(=O)n(CC(=O)Nc2ccc(CN3CCOC3=O)cc2)c2ccccc21. The van der Waals surface area contributed by atoms with Gasteiger partial charge in [0.25, 0.3) is 0 Å². The normalized spacial score (nSPS) is 13.8. The van der Waals surface area contributed by atoms with Crippen LogP contribution in [0.5, 0.6) is 0 Å². The van der Waals surface area contributed by atoms with Crippen molar-refractivity contribution in [1.29, 1.82) is 0 Å². The number of hydrogen-bond donors (Lipinski definition) is 1. The summed E-state index contributed by atoms with van der Waals surface area (Å²) in [6, 6.07) is 14.6. The minimum absolute atomic E-state index is 0.0679. The van der Waals surface area contributed by atoms with Crippen molar-refractivity contribution >= 4 is 28.7 Å². The fraction of sp³-hybridized carbons (Fsp3) is 0.250. The minimum atomic E-state index is -0.307. The van der Waals surface area contributed by atoms with Gasteiger partial charge in [-0.15, -0.1) is 0 Å². The summed E-state index contributed by atoms with van der Waals surface area (Å²) in [5.41, 5.74) is 2.85. The Morgan fingerprint density at radius 1 is 1.07 bits per heavy atom. The molecule has 4 rings (SSSR count). The Morgan fingerprint density at radius 3 is 2.46 bits per heavy atom. The summed E-state index contributed by atoms with van der Waals surface area (Å²) in [5.74, 6) is -0.283. The number of hydrogen-bond acceptors (Lipinski definition) is 4. The monoisotopic (exact) mass is 380 g/mol. The number of aryl methyl sites for hydroxylation is 1. The summed E-state index contributed by atoms with van der Waals surface area (Å²) in [5, 5.41) is 2.81. The number of amides is 2. The maximum absolute atomic E-state index is 12.4. The quantitative estimate of drug-likeness (QED) is 0.733. The molecule has 3 aromatic rings. The van der Waals surface area contributed by atoms with Crippen LogP contribution in [-0.4, -0.2) is 39.2 Å². The molecule has 2 aromatic carbocycles. The van der Waals surface area contributed by atoms with Gasteiger partial charge >= 0.3 is 11.8 Å². The topological polar surface area (TPSA) is 85.6 Å². The summed E-state index contributed by atoms with van der Waals surface area (Å²) >= 11 is 0. The van der Waals surface area contributed by atoms with Crippen molar-refractivity contribution in [2.45, 2.75) is 13.1 Å². The van der Waals surface area contributed by atoms with Crippen molar-refractivity contribution in [2.24, 2.45) is 7.05 Å². The summed E-state index contributed by atoms with van der Waals surface area (Å²) in [6.07, 6.45) is -0.307. The Hall–Kier alpha value is -3.55. The molecule has 8 heteroatoms. The number of nitrogens with one attached hydrogen (secondary N) is 1. The molecular formula is C20H20N4O4. The zero-order chi connectivity index (χ0) is 19.7. The molecule has 0 saturated carbocycles. The van der Waals surface area contributed by atoms with E-state index in [4.69, 9.17) is 4.74 Å². The number of ether oxygens (including phenoxy) is 1. The molecule has 0 aliphatic carbocycles. The molecule has 8 nitrogen and oxygen atoms in total. The number of anilines is 1. The molecule has 1 aliphatic rings. The van der Waals surface area contributed by atoms with Crippen molar-refractivity contribution in [3.8, 4) is 0 Å². The van der Waals surface area contributed by atoms with Gasteiger partial charge in [-0.1, -0.05) is 24.3 Å².